The number of rotatable bonds is 2. The van der Waals surface area contributed by atoms with Crippen LogP contribution >= 0.6 is 22.9 Å². The Morgan fingerprint density at radius 3 is 2.73 bits per heavy atom. The van der Waals surface area contributed by atoms with E-state index >= 15 is 0 Å². The van der Waals surface area contributed by atoms with Crippen LogP contribution in [0.2, 0.25) is 4.47 Å². The van der Waals surface area contributed by atoms with Crippen molar-refractivity contribution < 1.29 is 4.74 Å². The van der Waals surface area contributed by atoms with Gasteiger partial charge in [-0.05, 0) is 13.8 Å². The van der Waals surface area contributed by atoms with Crippen molar-refractivity contribution in [2.45, 2.75) is 32.6 Å². The number of aromatic nitrogens is 1. The molecule has 0 spiro atoms. The lowest BCUT2D eigenvalue weighted by Crippen LogP contribution is -2.44. The van der Waals surface area contributed by atoms with Crippen LogP contribution in [0, 0.1) is 0 Å². The molecule has 1 aliphatic heterocycles. The Hall–Kier alpha value is -0.160. The number of hydrogen-bond acceptors (Lipinski definition) is 4. The summed E-state index contributed by atoms with van der Waals surface area (Å²) in [5.41, 5.74) is 0. The molecule has 2 rings (SSSR count). The third kappa shape index (κ3) is 3.14. The van der Waals surface area contributed by atoms with Gasteiger partial charge in [-0.2, -0.15) is 0 Å². The van der Waals surface area contributed by atoms with E-state index in [0.29, 0.717) is 16.7 Å². The maximum absolute atomic E-state index is 5.80. The molecule has 1 aromatic rings. The lowest BCUT2D eigenvalue weighted by atomic mass is 10.2. The van der Waals surface area contributed by atoms with E-state index in [0.717, 1.165) is 19.6 Å². The summed E-state index contributed by atoms with van der Waals surface area (Å²) in [5.74, 6) is 0. The molecule has 2 atom stereocenters. The van der Waals surface area contributed by atoms with Crippen molar-refractivity contribution in [3.63, 3.8) is 0 Å². The fourth-order valence-electron chi connectivity index (χ4n) is 1.99. The van der Waals surface area contributed by atoms with Crippen LogP contribution in [0.4, 0.5) is 0 Å². The summed E-state index contributed by atoms with van der Waals surface area (Å²) >= 11 is 7.36. The second-order valence-corrected chi connectivity index (χ2v) is 5.73. The molecule has 1 fully saturated rings. The van der Waals surface area contributed by atoms with E-state index in [2.05, 4.69) is 23.7 Å². The molecule has 0 N–H and O–H groups in total. The second-order valence-electron chi connectivity index (χ2n) is 4.03. The molecule has 1 saturated heterocycles. The lowest BCUT2D eigenvalue weighted by molar-refractivity contribution is -0.0702. The van der Waals surface area contributed by atoms with Crippen molar-refractivity contribution in [2.24, 2.45) is 0 Å². The summed E-state index contributed by atoms with van der Waals surface area (Å²) < 4.78 is 6.30. The predicted octanol–water partition coefficient (Wildman–Crippen LogP) is 2.41. The number of ether oxygens (including phenoxy) is 1. The molecular formula is C10H15ClN2OS. The van der Waals surface area contributed by atoms with Gasteiger partial charge in [0.2, 0.25) is 0 Å². The number of thiazole rings is 1. The Bertz CT molecular complexity index is 321. The average molecular weight is 247 g/mol. The first kappa shape index (κ1) is 11.3. The van der Waals surface area contributed by atoms with E-state index in [9.17, 15) is 0 Å². The molecule has 0 amide bonds. The van der Waals surface area contributed by atoms with Crippen LogP contribution < -0.4 is 0 Å². The first-order chi connectivity index (χ1) is 7.13. The highest BCUT2D eigenvalue weighted by molar-refractivity contribution is 7.15. The third-order valence-electron chi connectivity index (χ3n) is 2.40. The van der Waals surface area contributed by atoms with Crippen LogP contribution in [-0.4, -0.2) is 35.2 Å². The molecule has 1 aromatic heterocycles. The van der Waals surface area contributed by atoms with Crippen molar-refractivity contribution in [1.82, 2.24) is 9.88 Å². The first-order valence-electron chi connectivity index (χ1n) is 5.11. The van der Waals surface area contributed by atoms with Crippen LogP contribution in [0.15, 0.2) is 6.20 Å². The molecule has 0 unspecified atom stereocenters. The standard InChI is InChI=1S/C10H15ClN2OS/c1-7-4-13(5-8(2)14-7)6-9-3-12-10(11)15-9/h3,7-8H,4-6H2,1-2H3/t7-,8-/m0/s1. The summed E-state index contributed by atoms with van der Waals surface area (Å²) in [6.07, 6.45) is 2.49. The molecule has 0 aliphatic carbocycles. The predicted molar refractivity (Wildman–Crippen MR) is 62.4 cm³/mol. The molecular weight excluding hydrogens is 232 g/mol. The normalized spacial score (nSPS) is 28.2. The molecule has 0 saturated carbocycles. The van der Waals surface area contributed by atoms with E-state index in [1.165, 1.54) is 4.88 Å². The van der Waals surface area contributed by atoms with Crippen LogP contribution in [0.3, 0.4) is 0 Å². The molecule has 5 heteroatoms. The van der Waals surface area contributed by atoms with Crippen molar-refractivity contribution in [2.75, 3.05) is 13.1 Å². The van der Waals surface area contributed by atoms with E-state index in [-0.39, 0.29) is 0 Å². The van der Waals surface area contributed by atoms with Gasteiger partial charge in [0.1, 0.15) is 0 Å². The molecule has 0 radical (unpaired) electrons. The molecule has 0 aromatic carbocycles. The molecule has 1 aliphatic rings. The summed E-state index contributed by atoms with van der Waals surface area (Å²) in [6, 6.07) is 0. The van der Waals surface area contributed by atoms with E-state index in [1.807, 2.05) is 6.20 Å². The van der Waals surface area contributed by atoms with Gasteiger partial charge in [0.05, 0.1) is 12.2 Å². The zero-order valence-electron chi connectivity index (χ0n) is 8.94. The van der Waals surface area contributed by atoms with Crippen LogP contribution in [0.5, 0.6) is 0 Å². The topological polar surface area (TPSA) is 25.4 Å². The quantitative estimate of drug-likeness (QED) is 0.801. The maximum Gasteiger partial charge on any atom is 0.183 e. The fraction of sp³-hybridized carbons (Fsp3) is 0.700. The minimum atomic E-state index is 0.317. The van der Waals surface area contributed by atoms with Crippen LogP contribution in [-0.2, 0) is 11.3 Å². The molecule has 2 heterocycles. The van der Waals surface area contributed by atoms with Crippen LogP contribution in [0.25, 0.3) is 0 Å². The van der Waals surface area contributed by atoms with Crippen LogP contribution in [0.1, 0.15) is 18.7 Å². The van der Waals surface area contributed by atoms with Crippen molar-refractivity contribution in [1.29, 1.82) is 0 Å². The minimum absolute atomic E-state index is 0.317. The first-order valence-corrected chi connectivity index (χ1v) is 6.31. The number of morpholine rings is 1. The summed E-state index contributed by atoms with van der Waals surface area (Å²) in [5, 5.41) is 0. The number of halogens is 1. The SMILES string of the molecule is C[C@H]1CN(Cc2cnc(Cl)s2)C[C@H](C)O1. The van der Waals surface area contributed by atoms with Gasteiger partial charge in [-0.1, -0.05) is 11.6 Å². The highest BCUT2D eigenvalue weighted by atomic mass is 35.5. The van der Waals surface area contributed by atoms with Gasteiger partial charge in [-0.15, -0.1) is 11.3 Å². The monoisotopic (exact) mass is 246 g/mol. The van der Waals surface area contributed by atoms with Gasteiger partial charge in [0.25, 0.3) is 0 Å². The summed E-state index contributed by atoms with van der Waals surface area (Å²) in [4.78, 5) is 7.66. The zero-order valence-corrected chi connectivity index (χ0v) is 10.5. The zero-order chi connectivity index (χ0) is 10.8. The minimum Gasteiger partial charge on any atom is -0.373 e. The smallest absolute Gasteiger partial charge is 0.183 e. The van der Waals surface area contributed by atoms with Gasteiger partial charge in [-0.3, -0.25) is 4.90 Å². The Labute approximate surface area is 99.0 Å². The molecule has 15 heavy (non-hydrogen) atoms. The van der Waals surface area contributed by atoms with Crippen molar-refractivity contribution in [3.05, 3.63) is 15.5 Å². The fourth-order valence-corrected chi connectivity index (χ4v) is 3.01. The Morgan fingerprint density at radius 1 is 1.53 bits per heavy atom. The molecule has 3 nitrogen and oxygen atoms in total. The highest BCUT2D eigenvalue weighted by Gasteiger charge is 2.22. The Balaban J connectivity index is 1.94. The highest BCUT2D eigenvalue weighted by Crippen LogP contribution is 2.21. The number of hydrogen-bond donors (Lipinski definition) is 0. The lowest BCUT2D eigenvalue weighted by Gasteiger charge is -2.34. The van der Waals surface area contributed by atoms with Gasteiger partial charge in [0.15, 0.2) is 4.47 Å². The average Bonchev–Trinajstić information content (AvgIpc) is 2.49. The molecule has 84 valence electrons. The largest absolute Gasteiger partial charge is 0.373 e. The van der Waals surface area contributed by atoms with Gasteiger partial charge >= 0.3 is 0 Å². The maximum atomic E-state index is 5.80. The third-order valence-corrected chi connectivity index (χ3v) is 3.50. The summed E-state index contributed by atoms with van der Waals surface area (Å²) in [6.45, 7) is 7.13. The number of nitrogens with zero attached hydrogens (tertiary/aromatic N) is 2. The van der Waals surface area contributed by atoms with Gasteiger partial charge in [-0.25, -0.2) is 4.98 Å². The van der Waals surface area contributed by atoms with E-state index in [4.69, 9.17) is 16.3 Å². The Kier molecular flexibility index (Phi) is 3.61. The van der Waals surface area contributed by atoms with Crippen molar-refractivity contribution >= 4 is 22.9 Å². The van der Waals surface area contributed by atoms with Gasteiger partial charge in [0, 0.05) is 30.7 Å². The summed E-state index contributed by atoms with van der Waals surface area (Å²) in [7, 11) is 0. The van der Waals surface area contributed by atoms with E-state index < -0.39 is 0 Å². The second kappa shape index (κ2) is 4.78. The molecule has 0 bridgehead atoms. The van der Waals surface area contributed by atoms with E-state index in [1.54, 1.807) is 11.3 Å². The van der Waals surface area contributed by atoms with Gasteiger partial charge < -0.3 is 4.74 Å². The van der Waals surface area contributed by atoms with Crippen molar-refractivity contribution in [3.8, 4) is 0 Å². The Morgan fingerprint density at radius 2 is 2.20 bits per heavy atom.